The summed E-state index contributed by atoms with van der Waals surface area (Å²) in [4.78, 5) is 24.3. The topological polar surface area (TPSA) is 34.1 Å². The summed E-state index contributed by atoms with van der Waals surface area (Å²) < 4.78 is 38.8. The van der Waals surface area contributed by atoms with Crippen LogP contribution >= 0.6 is 0 Å². The molecule has 0 aliphatic carbocycles. The first kappa shape index (κ1) is 17.9. The first-order valence-electron chi connectivity index (χ1n) is 7.50. The second-order valence-corrected chi connectivity index (χ2v) is 5.69. The Hall–Kier alpha value is -2.43. The monoisotopic (exact) mass is 334 g/mol. The van der Waals surface area contributed by atoms with Gasteiger partial charge in [0.2, 0.25) is 0 Å². The molecule has 0 aromatic heterocycles. The van der Waals surface area contributed by atoms with Gasteiger partial charge in [-0.15, -0.1) is 0 Å². The molecule has 0 fully saturated rings. The first-order valence-corrected chi connectivity index (χ1v) is 7.50. The molecule has 126 valence electrons. The lowest BCUT2D eigenvalue weighted by Crippen LogP contribution is -2.14. The fourth-order valence-electron chi connectivity index (χ4n) is 2.39. The zero-order valence-corrected chi connectivity index (χ0v) is 13.4. The number of ketones is 2. The van der Waals surface area contributed by atoms with Gasteiger partial charge in [-0.3, -0.25) is 9.59 Å². The van der Waals surface area contributed by atoms with E-state index in [0.29, 0.717) is 5.56 Å². The lowest BCUT2D eigenvalue weighted by atomic mass is 9.96. The zero-order chi connectivity index (χ0) is 17.9. The fourth-order valence-corrected chi connectivity index (χ4v) is 2.39. The quantitative estimate of drug-likeness (QED) is 0.707. The molecule has 2 nitrogen and oxygen atoms in total. The van der Waals surface area contributed by atoms with Gasteiger partial charge in [-0.2, -0.15) is 13.2 Å². The zero-order valence-electron chi connectivity index (χ0n) is 13.4. The van der Waals surface area contributed by atoms with Gasteiger partial charge in [0.15, 0.2) is 11.6 Å². The number of rotatable bonds is 5. The molecule has 0 saturated carbocycles. The molecule has 0 spiro atoms. The maximum atomic E-state index is 12.9. The molecule has 0 bridgehead atoms. The Labute approximate surface area is 138 Å². The molecular formula is C19H17F3O2. The summed E-state index contributed by atoms with van der Waals surface area (Å²) in [6.07, 6.45) is -4.96. The van der Waals surface area contributed by atoms with Crippen LogP contribution in [0, 0.1) is 13.8 Å². The molecule has 0 saturated heterocycles. The third kappa shape index (κ3) is 4.10. The van der Waals surface area contributed by atoms with Crippen molar-refractivity contribution < 1.29 is 22.8 Å². The summed E-state index contributed by atoms with van der Waals surface area (Å²) in [7, 11) is 0. The van der Waals surface area contributed by atoms with Crippen molar-refractivity contribution in [2.75, 3.05) is 0 Å². The van der Waals surface area contributed by atoms with E-state index < -0.39 is 23.1 Å². The predicted molar refractivity (Wildman–Crippen MR) is 85.3 cm³/mol. The largest absolute Gasteiger partial charge is 0.417 e. The summed E-state index contributed by atoms with van der Waals surface area (Å²) in [6, 6.07) is 9.84. The van der Waals surface area contributed by atoms with E-state index in [1.165, 1.54) is 12.1 Å². The van der Waals surface area contributed by atoms with Crippen LogP contribution < -0.4 is 0 Å². The van der Waals surface area contributed by atoms with E-state index in [4.69, 9.17) is 0 Å². The van der Waals surface area contributed by atoms with Crippen LogP contribution in [0.25, 0.3) is 0 Å². The van der Waals surface area contributed by atoms with Crippen molar-refractivity contribution in [1.29, 1.82) is 0 Å². The molecule has 2 aromatic carbocycles. The highest BCUT2D eigenvalue weighted by atomic mass is 19.4. The van der Waals surface area contributed by atoms with E-state index in [9.17, 15) is 22.8 Å². The highest BCUT2D eigenvalue weighted by Crippen LogP contribution is 2.32. The minimum Gasteiger partial charge on any atom is -0.294 e. The fraction of sp³-hybridized carbons (Fsp3) is 0.263. The van der Waals surface area contributed by atoms with Gasteiger partial charge < -0.3 is 0 Å². The highest BCUT2D eigenvalue weighted by Gasteiger charge is 2.34. The Morgan fingerprint density at radius 3 is 2.12 bits per heavy atom. The van der Waals surface area contributed by atoms with Crippen molar-refractivity contribution in [2.24, 2.45) is 0 Å². The van der Waals surface area contributed by atoms with E-state index in [-0.39, 0.29) is 18.6 Å². The lowest BCUT2D eigenvalue weighted by molar-refractivity contribution is -0.137. The van der Waals surface area contributed by atoms with Gasteiger partial charge in [-0.25, -0.2) is 0 Å². The molecule has 0 aliphatic rings. The average Bonchev–Trinajstić information content (AvgIpc) is 2.54. The summed E-state index contributed by atoms with van der Waals surface area (Å²) >= 11 is 0. The molecule has 0 amide bonds. The molecule has 0 aliphatic heterocycles. The van der Waals surface area contributed by atoms with Crippen molar-refractivity contribution in [3.63, 3.8) is 0 Å². The maximum Gasteiger partial charge on any atom is 0.417 e. The third-order valence-electron chi connectivity index (χ3n) is 3.94. The van der Waals surface area contributed by atoms with Crippen molar-refractivity contribution in [2.45, 2.75) is 32.9 Å². The molecule has 2 rings (SSSR count). The minimum absolute atomic E-state index is 0.118. The smallest absolute Gasteiger partial charge is 0.294 e. The SMILES string of the molecule is Cc1ccc(C(=O)CCC(=O)c2ccccc2C(F)(F)F)cc1C. The van der Waals surface area contributed by atoms with Crippen molar-refractivity contribution in [3.8, 4) is 0 Å². The van der Waals surface area contributed by atoms with E-state index in [1.807, 2.05) is 19.9 Å². The molecule has 0 radical (unpaired) electrons. The number of carbonyl (C=O) groups excluding carboxylic acids is 2. The summed E-state index contributed by atoms with van der Waals surface area (Å²) in [6.45, 7) is 3.79. The van der Waals surface area contributed by atoms with Crippen LogP contribution in [0.1, 0.15) is 50.2 Å². The molecule has 0 unspecified atom stereocenters. The second kappa shape index (κ2) is 6.99. The Morgan fingerprint density at radius 1 is 0.875 bits per heavy atom. The van der Waals surface area contributed by atoms with E-state index in [1.54, 1.807) is 12.1 Å². The van der Waals surface area contributed by atoms with Crippen LogP contribution in [-0.2, 0) is 6.18 Å². The number of hydrogen-bond donors (Lipinski definition) is 0. The Bertz CT molecular complexity index is 776. The van der Waals surface area contributed by atoms with E-state index >= 15 is 0 Å². The Balaban J connectivity index is 2.11. The van der Waals surface area contributed by atoms with Crippen molar-refractivity contribution in [1.82, 2.24) is 0 Å². The number of carbonyl (C=O) groups is 2. The second-order valence-electron chi connectivity index (χ2n) is 5.69. The van der Waals surface area contributed by atoms with Gasteiger partial charge >= 0.3 is 6.18 Å². The average molecular weight is 334 g/mol. The number of alkyl halides is 3. The van der Waals surface area contributed by atoms with Gasteiger partial charge in [-0.1, -0.05) is 30.3 Å². The number of halogens is 3. The Morgan fingerprint density at radius 2 is 1.50 bits per heavy atom. The Kier molecular flexibility index (Phi) is 5.22. The molecule has 2 aromatic rings. The molecule has 0 atom stereocenters. The number of aryl methyl sites for hydroxylation is 2. The van der Waals surface area contributed by atoms with Crippen LogP contribution in [-0.4, -0.2) is 11.6 Å². The van der Waals surface area contributed by atoms with Gasteiger partial charge in [0.25, 0.3) is 0 Å². The van der Waals surface area contributed by atoms with Crippen molar-refractivity contribution >= 4 is 11.6 Å². The van der Waals surface area contributed by atoms with Crippen LogP contribution in [0.15, 0.2) is 42.5 Å². The maximum absolute atomic E-state index is 12.9. The number of hydrogen-bond acceptors (Lipinski definition) is 2. The van der Waals surface area contributed by atoms with Gasteiger partial charge in [-0.05, 0) is 37.1 Å². The molecule has 0 N–H and O–H groups in total. The summed E-state index contributed by atoms with van der Waals surface area (Å²) in [5, 5.41) is 0. The number of benzene rings is 2. The highest BCUT2D eigenvalue weighted by molar-refractivity contribution is 6.03. The van der Waals surface area contributed by atoms with Crippen molar-refractivity contribution in [3.05, 3.63) is 70.3 Å². The van der Waals surface area contributed by atoms with Gasteiger partial charge in [0.05, 0.1) is 5.56 Å². The molecule has 5 heteroatoms. The van der Waals surface area contributed by atoms with Crippen LogP contribution in [0.2, 0.25) is 0 Å². The molecule has 24 heavy (non-hydrogen) atoms. The van der Waals surface area contributed by atoms with Crippen LogP contribution in [0.4, 0.5) is 13.2 Å². The van der Waals surface area contributed by atoms with E-state index in [2.05, 4.69) is 0 Å². The normalized spacial score (nSPS) is 11.4. The standard InChI is InChI=1S/C19H17F3O2/c1-12-7-8-14(11-13(12)2)17(23)9-10-18(24)15-5-3-4-6-16(15)19(20,21)22/h3-8,11H,9-10H2,1-2H3. The van der Waals surface area contributed by atoms with Crippen LogP contribution in [0.3, 0.4) is 0 Å². The first-order chi connectivity index (χ1) is 11.2. The lowest BCUT2D eigenvalue weighted by Gasteiger charge is -2.11. The van der Waals surface area contributed by atoms with Gasteiger partial charge in [0, 0.05) is 24.0 Å². The third-order valence-corrected chi connectivity index (χ3v) is 3.94. The summed E-state index contributed by atoms with van der Waals surface area (Å²) in [5.41, 5.74) is 1.11. The van der Waals surface area contributed by atoms with Gasteiger partial charge in [0.1, 0.15) is 0 Å². The predicted octanol–water partition coefficient (Wildman–Crippen LogP) is 5.17. The van der Waals surface area contributed by atoms with Crippen LogP contribution in [0.5, 0.6) is 0 Å². The van der Waals surface area contributed by atoms with E-state index in [0.717, 1.165) is 23.3 Å². The molecular weight excluding hydrogens is 317 g/mol. The minimum atomic E-state index is -4.59. The number of Topliss-reactive ketones (excluding diaryl/α,β-unsaturated/α-hetero) is 2. The summed E-state index contributed by atoms with van der Waals surface area (Å²) in [5.74, 6) is -0.934. The molecule has 0 heterocycles.